The van der Waals surface area contributed by atoms with E-state index in [9.17, 15) is 4.79 Å². The minimum absolute atomic E-state index is 0.229. The third-order valence-electron chi connectivity index (χ3n) is 4.57. The first-order valence-corrected chi connectivity index (χ1v) is 8.79. The second-order valence-corrected chi connectivity index (χ2v) is 6.33. The van der Waals surface area contributed by atoms with Crippen LogP contribution >= 0.6 is 0 Å². The largest absolute Gasteiger partial charge is 0.360 e. The molecule has 0 aliphatic carbocycles. The zero-order valence-corrected chi connectivity index (χ0v) is 14.9. The van der Waals surface area contributed by atoms with Gasteiger partial charge in [-0.05, 0) is 29.7 Å². The van der Waals surface area contributed by atoms with Crippen molar-refractivity contribution in [1.82, 2.24) is 10.4 Å². The van der Waals surface area contributed by atoms with Crippen molar-refractivity contribution in [3.05, 3.63) is 96.2 Å². The maximum atomic E-state index is 12.5. The van der Waals surface area contributed by atoms with Crippen LogP contribution in [-0.2, 0) is 0 Å². The number of nitrogens with zero attached hydrogens (tertiary/aromatic N) is 1. The molecular formula is C23H19N3O. The lowest BCUT2D eigenvalue weighted by atomic mass is 10.0. The number of amides is 1. The number of benzene rings is 3. The summed E-state index contributed by atoms with van der Waals surface area (Å²) in [7, 11) is 0. The topological polar surface area (TPSA) is 57.2 Å². The Morgan fingerprint density at radius 1 is 0.852 bits per heavy atom. The molecule has 0 fully saturated rings. The Balaban J connectivity index is 1.50. The predicted octanol–water partition coefficient (Wildman–Crippen LogP) is 4.99. The molecule has 0 saturated carbocycles. The van der Waals surface area contributed by atoms with Crippen molar-refractivity contribution in [3.63, 3.8) is 0 Å². The first-order valence-electron chi connectivity index (χ1n) is 8.79. The molecule has 132 valence electrons. The van der Waals surface area contributed by atoms with Crippen molar-refractivity contribution in [2.45, 2.75) is 6.92 Å². The number of aromatic nitrogens is 1. The summed E-state index contributed by atoms with van der Waals surface area (Å²) in [6.45, 7) is 1.88. The average Bonchev–Trinajstić information content (AvgIpc) is 3.17. The third kappa shape index (κ3) is 3.51. The van der Waals surface area contributed by atoms with E-state index in [2.05, 4.69) is 39.8 Å². The van der Waals surface area contributed by atoms with Gasteiger partial charge in [-0.1, -0.05) is 72.8 Å². The molecule has 0 spiro atoms. The van der Waals surface area contributed by atoms with Crippen LogP contribution in [0.3, 0.4) is 0 Å². The fourth-order valence-corrected chi connectivity index (χ4v) is 3.05. The average molecular weight is 353 g/mol. The van der Waals surface area contributed by atoms with Gasteiger partial charge in [0.1, 0.15) is 0 Å². The Morgan fingerprint density at radius 3 is 2.30 bits per heavy atom. The number of hydrogen-bond donors (Lipinski definition) is 2. The van der Waals surface area contributed by atoms with Crippen molar-refractivity contribution in [2.75, 3.05) is 0 Å². The van der Waals surface area contributed by atoms with Gasteiger partial charge in [-0.15, -0.1) is 0 Å². The van der Waals surface area contributed by atoms with Crippen LogP contribution in [0.2, 0.25) is 0 Å². The normalized spacial score (nSPS) is 11.5. The second-order valence-electron chi connectivity index (χ2n) is 6.33. The number of aromatic amines is 1. The van der Waals surface area contributed by atoms with Crippen LogP contribution in [0.4, 0.5) is 0 Å². The number of rotatable bonds is 4. The molecule has 2 N–H and O–H groups in total. The van der Waals surface area contributed by atoms with Crippen LogP contribution in [0.25, 0.3) is 22.0 Å². The summed E-state index contributed by atoms with van der Waals surface area (Å²) in [6, 6.07) is 26.1. The summed E-state index contributed by atoms with van der Waals surface area (Å²) in [6.07, 6.45) is 1.71. The number of carbonyl (C=O) groups is 1. The number of H-pyrrole nitrogens is 1. The summed E-state index contributed by atoms with van der Waals surface area (Å²) in [4.78, 5) is 15.6. The highest BCUT2D eigenvalue weighted by molar-refractivity contribution is 6.07. The molecule has 0 bridgehead atoms. The van der Waals surface area contributed by atoms with Crippen molar-refractivity contribution in [3.8, 4) is 11.1 Å². The summed E-state index contributed by atoms with van der Waals surface area (Å²) < 4.78 is 0. The lowest BCUT2D eigenvalue weighted by Gasteiger charge is -2.05. The van der Waals surface area contributed by atoms with Crippen LogP contribution < -0.4 is 5.43 Å². The minimum atomic E-state index is -0.229. The first-order chi connectivity index (χ1) is 13.2. The highest BCUT2D eigenvalue weighted by atomic mass is 16.2. The summed E-state index contributed by atoms with van der Waals surface area (Å²) in [5.41, 5.74) is 8.21. The fourth-order valence-electron chi connectivity index (χ4n) is 3.05. The molecule has 0 unspecified atom stereocenters. The van der Waals surface area contributed by atoms with Crippen LogP contribution in [0.1, 0.15) is 22.8 Å². The molecule has 4 rings (SSSR count). The fraction of sp³-hybridized carbons (Fsp3) is 0.0435. The number of hydrazone groups is 1. The van der Waals surface area contributed by atoms with Crippen LogP contribution in [-0.4, -0.2) is 16.6 Å². The van der Waals surface area contributed by atoms with Gasteiger partial charge in [0.25, 0.3) is 5.91 Å². The van der Waals surface area contributed by atoms with E-state index in [1.54, 1.807) is 6.20 Å². The van der Waals surface area contributed by atoms with E-state index in [0.29, 0.717) is 5.56 Å². The number of para-hydroxylation sites is 1. The van der Waals surface area contributed by atoms with Crippen LogP contribution in [0, 0.1) is 0 Å². The maximum Gasteiger partial charge on any atom is 0.273 e. The van der Waals surface area contributed by atoms with E-state index >= 15 is 0 Å². The lowest BCUT2D eigenvalue weighted by Crippen LogP contribution is -2.19. The first kappa shape index (κ1) is 16.8. The Kier molecular flexibility index (Phi) is 4.54. The van der Waals surface area contributed by atoms with Crippen LogP contribution in [0.5, 0.6) is 0 Å². The molecule has 0 aliphatic rings. The Bertz CT molecular complexity index is 1110. The lowest BCUT2D eigenvalue weighted by molar-refractivity contribution is 0.0956. The molecule has 4 aromatic rings. The molecule has 0 atom stereocenters. The number of carbonyl (C=O) groups excluding carboxylic acids is 1. The number of nitrogens with one attached hydrogen (secondary N) is 2. The number of hydrogen-bond acceptors (Lipinski definition) is 2. The van der Waals surface area contributed by atoms with E-state index in [0.717, 1.165) is 27.7 Å². The van der Waals surface area contributed by atoms with E-state index in [1.807, 2.05) is 61.5 Å². The molecule has 27 heavy (non-hydrogen) atoms. The molecule has 3 aromatic carbocycles. The van der Waals surface area contributed by atoms with Gasteiger partial charge in [0.2, 0.25) is 0 Å². The Hall–Kier alpha value is -3.66. The molecular weight excluding hydrogens is 334 g/mol. The summed E-state index contributed by atoms with van der Waals surface area (Å²) >= 11 is 0. The van der Waals surface area contributed by atoms with Gasteiger partial charge in [0.15, 0.2) is 0 Å². The minimum Gasteiger partial charge on any atom is -0.360 e. The smallest absolute Gasteiger partial charge is 0.273 e. The number of fused-ring (bicyclic) bond motifs is 1. The van der Waals surface area contributed by atoms with Crippen molar-refractivity contribution < 1.29 is 4.79 Å². The van der Waals surface area contributed by atoms with E-state index in [1.165, 1.54) is 5.56 Å². The van der Waals surface area contributed by atoms with Crippen molar-refractivity contribution in [1.29, 1.82) is 0 Å². The van der Waals surface area contributed by atoms with Gasteiger partial charge < -0.3 is 4.98 Å². The maximum absolute atomic E-state index is 12.5. The monoisotopic (exact) mass is 353 g/mol. The second kappa shape index (κ2) is 7.30. The molecule has 1 aromatic heterocycles. The van der Waals surface area contributed by atoms with Gasteiger partial charge in [-0.2, -0.15) is 5.10 Å². The standard InChI is InChI=1S/C23H19N3O/c1-16(17-11-13-19(14-12-17)18-7-3-2-4-8-18)25-26-23(27)21-15-24-22-10-6-5-9-20(21)22/h2-15,24H,1H3,(H,26,27). The SMILES string of the molecule is CC(=NNC(=O)c1c[nH]c2ccccc12)c1ccc(-c2ccccc2)cc1. The highest BCUT2D eigenvalue weighted by Gasteiger charge is 2.11. The van der Waals surface area contributed by atoms with E-state index in [4.69, 9.17) is 0 Å². The highest BCUT2D eigenvalue weighted by Crippen LogP contribution is 2.20. The van der Waals surface area contributed by atoms with Crippen molar-refractivity contribution >= 4 is 22.5 Å². The third-order valence-corrected chi connectivity index (χ3v) is 4.57. The molecule has 4 heteroatoms. The zero-order chi connectivity index (χ0) is 18.6. The zero-order valence-electron chi connectivity index (χ0n) is 14.9. The summed E-state index contributed by atoms with van der Waals surface area (Å²) in [5, 5.41) is 5.15. The Labute approximate surface area is 157 Å². The quantitative estimate of drug-likeness (QED) is 0.394. The molecule has 1 heterocycles. The predicted molar refractivity (Wildman–Crippen MR) is 110 cm³/mol. The van der Waals surface area contributed by atoms with E-state index in [-0.39, 0.29) is 5.91 Å². The molecule has 0 radical (unpaired) electrons. The molecule has 0 saturated heterocycles. The van der Waals surface area contributed by atoms with Crippen molar-refractivity contribution in [2.24, 2.45) is 5.10 Å². The van der Waals surface area contributed by atoms with Gasteiger partial charge in [0, 0.05) is 17.1 Å². The van der Waals surface area contributed by atoms with Gasteiger partial charge in [-0.25, -0.2) is 5.43 Å². The van der Waals surface area contributed by atoms with Crippen LogP contribution in [0.15, 0.2) is 90.2 Å². The van der Waals surface area contributed by atoms with Gasteiger partial charge in [-0.3, -0.25) is 4.79 Å². The Morgan fingerprint density at radius 2 is 1.52 bits per heavy atom. The molecule has 4 nitrogen and oxygen atoms in total. The van der Waals surface area contributed by atoms with Gasteiger partial charge in [0.05, 0.1) is 11.3 Å². The van der Waals surface area contributed by atoms with Gasteiger partial charge >= 0.3 is 0 Å². The molecule has 1 amide bonds. The van der Waals surface area contributed by atoms with E-state index < -0.39 is 0 Å². The molecule has 0 aliphatic heterocycles. The summed E-state index contributed by atoms with van der Waals surface area (Å²) in [5.74, 6) is -0.229.